The maximum absolute atomic E-state index is 11.2. The highest BCUT2D eigenvalue weighted by Gasteiger charge is 2.32. The topological polar surface area (TPSA) is 58.6 Å². The van der Waals surface area contributed by atoms with Crippen LogP contribution in [0.1, 0.15) is 12.8 Å². The summed E-state index contributed by atoms with van der Waals surface area (Å²) in [7, 11) is 0. The third-order valence-corrected chi connectivity index (χ3v) is 2.68. The molecule has 2 aliphatic heterocycles. The molecule has 5 nitrogen and oxygen atoms in total. The molecule has 0 aromatic rings. The van der Waals surface area contributed by atoms with Crippen LogP contribution in [0.2, 0.25) is 0 Å². The van der Waals surface area contributed by atoms with Crippen LogP contribution < -0.4 is 5.32 Å². The van der Waals surface area contributed by atoms with Crippen molar-refractivity contribution in [3.05, 3.63) is 0 Å². The minimum atomic E-state index is -0.486. The van der Waals surface area contributed by atoms with Crippen molar-refractivity contribution in [2.45, 2.75) is 12.8 Å². The summed E-state index contributed by atoms with van der Waals surface area (Å²) >= 11 is 0. The number of ether oxygens (including phenoxy) is 1. The van der Waals surface area contributed by atoms with E-state index < -0.39 is 6.09 Å². The lowest BCUT2D eigenvalue weighted by Gasteiger charge is -2.25. The van der Waals surface area contributed by atoms with Gasteiger partial charge in [0.05, 0.1) is 0 Å². The van der Waals surface area contributed by atoms with Gasteiger partial charge in [-0.2, -0.15) is 0 Å². The van der Waals surface area contributed by atoms with Crippen molar-refractivity contribution >= 4 is 24.4 Å². The van der Waals surface area contributed by atoms with Crippen LogP contribution in [0.5, 0.6) is 0 Å². The maximum atomic E-state index is 11.2. The highest BCUT2D eigenvalue weighted by atomic mass is 35.5. The summed E-state index contributed by atoms with van der Waals surface area (Å²) in [5.74, 6) is 0.180. The SMILES string of the molecule is Cl.O=C1COC(=O)N1CC1CCCNC1. The van der Waals surface area contributed by atoms with Gasteiger partial charge in [0.2, 0.25) is 0 Å². The molecule has 6 heteroatoms. The number of rotatable bonds is 2. The van der Waals surface area contributed by atoms with Gasteiger partial charge >= 0.3 is 6.09 Å². The minimum Gasteiger partial charge on any atom is -0.439 e. The number of hydrogen-bond acceptors (Lipinski definition) is 4. The van der Waals surface area contributed by atoms with E-state index in [0.717, 1.165) is 25.9 Å². The molecule has 2 fully saturated rings. The van der Waals surface area contributed by atoms with Crippen molar-refractivity contribution in [1.82, 2.24) is 10.2 Å². The monoisotopic (exact) mass is 234 g/mol. The third-order valence-electron chi connectivity index (χ3n) is 2.68. The second-order valence-corrected chi connectivity index (χ2v) is 3.77. The number of carbonyl (C=O) groups is 2. The van der Waals surface area contributed by atoms with E-state index in [1.165, 1.54) is 4.90 Å². The molecule has 0 bridgehead atoms. The standard InChI is InChI=1S/C9H14N2O3.ClH/c12-8-6-14-9(13)11(8)5-7-2-1-3-10-4-7;/h7,10H,1-6H2;1H. The van der Waals surface area contributed by atoms with E-state index >= 15 is 0 Å². The Morgan fingerprint density at radius 1 is 1.47 bits per heavy atom. The molecule has 0 aliphatic carbocycles. The molecule has 2 rings (SSSR count). The first-order chi connectivity index (χ1) is 6.77. The summed E-state index contributed by atoms with van der Waals surface area (Å²) in [6.07, 6.45) is 1.70. The number of carbonyl (C=O) groups excluding carboxylic acids is 2. The molecule has 0 aromatic heterocycles. The number of imide groups is 1. The Morgan fingerprint density at radius 3 is 2.80 bits per heavy atom. The van der Waals surface area contributed by atoms with E-state index in [4.69, 9.17) is 0 Å². The quantitative estimate of drug-likeness (QED) is 0.751. The maximum Gasteiger partial charge on any atom is 0.417 e. The Hall–Kier alpha value is -0.810. The van der Waals surface area contributed by atoms with Gasteiger partial charge in [-0.15, -0.1) is 12.4 Å². The van der Waals surface area contributed by atoms with Gasteiger partial charge in [0.25, 0.3) is 5.91 Å². The Morgan fingerprint density at radius 2 is 2.27 bits per heavy atom. The van der Waals surface area contributed by atoms with Crippen molar-refractivity contribution in [3.8, 4) is 0 Å². The van der Waals surface area contributed by atoms with E-state index in [0.29, 0.717) is 12.5 Å². The third kappa shape index (κ3) is 2.82. The lowest BCUT2D eigenvalue weighted by atomic mass is 9.99. The normalized spacial score (nSPS) is 26.1. The molecular formula is C9H15ClN2O3. The molecule has 0 aromatic carbocycles. The first kappa shape index (κ1) is 12.3. The molecule has 0 saturated carbocycles. The number of nitrogens with one attached hydrogen (secondary N) is 1. The summed E-state index contributed by atoms with van der Waals surface area (Å²) in [5, 5.41) is 3.25. The molecule has 1 N–H and O–H groups in total. The lowest BCUT2D eigenvalue weighted by molar-refractivity contribution is -0.126. The molecule has 2 heterocycles. The van der Waals surface area contributed by atoms with E-state index in [9.17, 15) is 9.59 Å². The first-order valence-corrected chi connectivity index (χ1v) is 4.95. The first-order valence-electron chi connectivity index (χ1n) is 4.95. The number of nitrogens with zero attached hydrogens (tertiary/aromatic N) is 1. The van der Waals surface area contributed by atoms with Crippen LogP contribution in [0.25, 0.3) is 0 Å². The van der Waals surface area contributed by atoms with Crippen LogP contribution in [-0.2, 0) is 9.53 Å². The number of hydrogen-bond donors (Lipinski definition) is 1. The summed E-state index contributed by atoms with van der Waals surface area (Å²) in [5.41, 5.74) is 0. The average molecular weight is 235 g/mol. The van der Waals surface area contributed by atoms with Gasteiger partial charge < -0.3 is 10.1 Å². The summed E-state index contributed by atoms with van der Waals surface area (Å²) in [6.45, 7) is 2.34. The molecule has 1 unspecified atom stereocenters. The van der Waals surface area contributed by atoms with Crippen molar-refractivity contribution in [2.24, 2.45) is 5.92 Å². The zero-order valence-corrected chi connectivity index (χ0v) is 9.22. The number of amides is 2. The van der Waals surface area contributed by atoms with Gasteiger partial charge in [0.1, 0.15) is 0 Å². The van der Waals surface area contributed by atoms with Crippen LogP contribution in [0.3, 0.4) is 0 Å². The number of halogens is 1. The number of cyclic esters (lactones) is 1. The van der Waals surface area contributed by atoms with Crippen molar-refractivity contribution < 1.29 is 14.3 Å². The molecule has 15 heavy (non-hydrogen) atoms. The van der Waals surface area contributed by atoms with E-state index in [1.807, 2.05) is 0 Å². The molecule has 1 atom stereocenters. The van der Waals surface area contributed by atoms with E-state index in [1.54, 1.807) is 0 Å². The van der Waals surface area contributed by atoms with Gasteiger partial charge in [-0.05, 0) is 31.8 Å². The van der Waals surface area contributed by atoms with E-state index in [2.05, 4.69) is 10.1 Å². The number of piperidine rings is 1. The average Bonchev–Trinajstić information content (AvgIpc) is 2.51. The predicted octanol–water partition coefficient (Wildman–Crippen LogP) is 0.387. The van der Waals surface area contributed by atoms with Crippen molar-refractivity contribution in [3.63, 3.8) is 0 Å². The summed E-state index contributed by atoms with van der Waals surface area (Å²) < 4.78 is 4.64. The highest BCUT2D eigenvalue weighted by molar-refractivity contribution is 5.97. The fourth-order valence-electron chi connectivity index (χ4n) is 1.90. The molecule has 86 valence electrons. The lowest BCUT2D eigenvalue weighted by Crippen LogP contribution is -2.40. The van der Waals surface area contributed by atoms with Gasteiger partial charge in [0.15, 0.2) is 6.61 Å². The predicted molar refractivity (Wildman–Crippen MR) is 55.9 cm³/mol. The molecule has 0 spiro atoms. The Labute approximate surface area is 94.5 Å². The second-order valence-electron chi connectivity index (χ2n) is 3.77. The molecular weight excluding hydrogens is 220 g/mol. The molecule has 2 saturated heterocycles. The highest BCUT2D eigenvalue weighted by Crippen LogP contribution is 2.15. The molecule has 2 aliphatic rings. The van der Waals surface area contributed by atoms with Crippen LogP contribution in [0.4, 0.5) is 4.79 Å². The summed E-state index contributed by atoms with van der Waals surface area (Å²) in [4.78, 5) is 23.6. The van der Waals surface area contributed by atoms with E-state index in [-0.39, 0.29) is 24.9 Å². The second kappa shape index (κ2) is 5.32. The van der Waals surface area contributed by atoms with Crippen molar-refractivity contribution in [2.75, 3.05) is 26.2 Å². The van der Waals surface area contributed by atoms with Gasteiger partial charge in [-0.1, -0.05) is 0 Å². The van der Waals surface area contributed by atoms with Crippen LogP contribution in [0, 0.1) is 5.92 Å². The smallest absolute Gasteiger partial charge is 0.417 e. The largest absolute Gasteiger partial charge is 0.439 e. The zero-order valence-electron chi connectivity index (χ0n) is 8.40. The van der Waals surface area contributed by atoms with Crippen LogP contribution in [-0.4, -0.2) is 43.1 Å². The molecule has 0 radical (unpaired) electrons. The van der Waals surface area contributed by atoms with Crippen LogP contribution >= 0.6 is 12.4 Å². The fraction of sp³-hybridized carbons (Fsp3) is 0.778. The Bertz CT molecular complexity index is 238. The minimum absolute atomic E-state index is 0. The van der Waals surface area contributed by atoms with Gasteiger partial charge in [-0.25, -0.2) is 9.69 Å². The Kier molecular flexibility index (Phi) is 4.35. The van der Waals surface area contributed by atoms with Gasteiger partial charge in [-0.3, -0.25) is 4.79 Å². The fourth-order valence-corrected chi connectivity index (χ4v) is 1.90. The van der Waals surface area contributed by atoms with Crippen molar-refractivity contribution in [1.29, 1.82) is 0 Å². The van der Waals surface area contributed by atoms with Gasteiger partial charge in [0, 0.05) is 6.54 Å². The summed E-state index contributed by atoms with van der Waals surface area (Å²) in [6, 6.07) is 0. The zero-order chi connectivity index (χ0) is 9.97. The van der Waals surface area contributed by atoms with Crippen LogP contribution in [0.15, 0.2) is 0 Å². The molecule has 2 amide bonds. The Balaban J connectivity index is 0.00000112.